The first-order valence-electron chi connectivity index (χ1n) is 8.57. The molecule has 0 radical (unpaired) electrons. The van der Waals surface area contributed by atoms with E-state index in [1.165, 1.54) is 0 Å². The molecule has 4 heterocycles. The molecule has 0 fully saturated rings. The van der Waals surface area contributed by atoms with Crippen molar-refractivity contribution in [2.45, 2.75) is 19.4 Å². The zero-order valence-corrected chi connectivity index (χ0v) is 15.4. The third-order valence-electron chi connectivity index (χ3n) is 4.28. The van der Waals surface area contributed by atoms with Gasteiger partial charge in [0.25, 0.3) is 0 Å². The Labute approximate surface area is 156 Å². The zero-order valence-electron chi connectivity index (χ0n) is 15.4. The Morgan fingerprint density at radius 3 is 2.74 bits per heavy atom. The second kappa shape index (κ2) is 6.40. The molecule has 3 aromatic heterocycles. The Bertz CT molecular complexity index is 1060. The molecular weight excluding hydrogens is 342 g/mol. The fraction of sp³-hybridized carbons (Fsp3) is 0.211. The van der Waals surface area contributed by atoms with E-state index in [9.17, 15) is 5.11 Å². The second-order valence-corrected chi connectivity index (χ2v) is 6.97. The van der Waals surface area contributed by atoms with E-state index in [4.69, 9.17) is 0 Å². The lowest BCUT2D eigenvalue weighted by atomic mass is 9.98. The molecule has 0 aromatic carbocycles. The summed E-state index contributed by atoms with van der Waals surface area (Å²) < 4.78 is 1.76. The van der Waals surface area contributed by atoms with Crippen molar-refractivity contribution in [2.75, 3.05) is 5.32 Å². The van der Waals surface area contributed by atoms with Gasteiger partial charge in [0.1, 0.15) is 11.6 Å². The minimum atomic E-state index is -0.943. The highest BCUT2D eigenvalue weighted by Gasteiger charge is 2.20. The van der Waals surface area contributed by atoms with E-state index >= 15 is 0 Å². The Balaban J connectivity index is 1.63. The van der Waals surface area contributed by atoms with Crippen LogP contribution in [0.5, 0.6) is 0 Å². The van der Waals surface area contributed by atoms with Gasteiger partial charge in [0.05, 0.1) is 22.8 Å². The number of fused-ring (bicyclic) bond motifs is 1. The summed E-state index contributed by atoms with van der Waals surface area (Å²) in [6.07, 6.45) is 9.13. The van der Waals surface area contributed by atoms with Crippen molar-refractivity contribution in [3.63, 3.8) is 0 Å². The summed E-state index contributed by atoms with van der Waals surface area (Å²) >= 11 is 0. The highest BCUT2D eigenvalue weighted by molar-refractivity contribution is 5.81. The normalized spacial score (nSPS) is 14.2. The topological polar surface area (TPSA) is 99.9 Å². The van der Waals surface area contributed by atoms with Gasteiger partial charge in [-0.3, -0.25) is 15.1 Å². The van der Waals surface area contributed by atoms with Gasteiger partial charge in [-0.15, -0.1) is 0 Å². The van der Waals surface area contributed by atoms with Crippen molar-refractivity contribution in [1.29, 1.82) is 0 Å². The summed E-state index contributed by atoms with van der Waals surface area (Å²) in [5.41, 5.74) is 9.30. The minimum Gasteiger partial charge on any atom is -0.386 e. The third-order valence-corrected chi connectivity index (χ3v) is 4.28. The van der Waals surface area contributed by atoms with E-state index in [1.54, 1.807) is 30.9 Å². The lowest BCUT2D eigenvalue weighted by Crippen LogP contribution is -2.36. The fourth-order valence-electron chi connectivity index (χ4n) is 2.79. The zero-order chi connectivity index (χ0) is 19.0. The predicted octanol–water partition coefficient (Wildman–Crippen LogP) is 2.05. The summed E-state index contributed by atoms with van der Waals surface area (Å²) in [6.45, 7) is 3.47. The highest BCUT2D eigenvalue weighted by atomic mass is 16.3. The van der Waals surface area contributed by atoms with E-state index in [0.29, 0.717) is 11.6 Å². The number of rotatable bonds is 4. The molecule has 0 bridgehead atoms. The van der Waals surface area contributed by atoms with E-state index in [0.717, 1.165) is 27.7 Å². The quantitative estimate of drug-likeness (QED) is 0.563. The number of anilines is 1. The van der Waals surface area contributed by atoms with Crippen LogP contribution in [0.1, 0.15) is 13.8 Å². The largest absolute Gasteiger partial charge is 0.386 e. The van der Waals surface area contributed by atoms with Crippen LogP contribution in [0.25, 0.3) is 22.2 Å². The van der Waals surface area contributed by atoms with Crippen LogP contribution in [0, 0.1) is 0 Å². The van der Waals surface area contributed by atoms with E-state index in [1.807, 2.05) is 43.7 Å². The van der Waals surface area contributed by atoms with Crippen LogP contribution in [-0.2, 0) is 7.05 Å². The van der Waals surface area contributed by atoms with E-state index in [-0.39, 0.29) is 0 Å². The van der Waals surface area contributed by atoms with Crippen LogP contribution >= 0.6 is 0 Å². The molecule has 138 valence electrons. The molecule has 8 nitrogen and oxygen atoms in total. The average molecular weight is 363 g/mol. The van der Waals surface area contributed by atoms with Crippen LogP contribution in [0.3, 0.4) is 0 Å². The van der Waals surface area contributed by atoms with Crippen molar-refractivity contribution in [3.05, 3.63) is 60.5 Å². The maximum absolute atomic E-state index is 10.2. The van der Waals surface area contributed by atoms with Gasteiger partial charge in [-0.05, 0) is 38.1 Å². The number of pyridine rings is 2. The number of nitrogens with zero attached hydrogens (tertiary/aromatic N) is 4. The predicted molar refractivity (Wildman–Crippen MR) is 104 cm³/mol. The highest BCUT2D eigenvalue weighted by Crippen LogP contribution is 2.23. The average Bonchev–Trinajstić information content (AvgIpc) is 3.07. The molecule has 0 saturated carbocycles. The van der Waals surface area contributed by atoms with Crippen LogP contribution in [0.2, 0.25) is 0 Å². The number of hydrogen-bond donors (Lipinski definition) is 4. The monoisotopic (exact) mass is 363 g/mol. The molecule has 4 N–H and O–H groups in total. The number of nitrogens with one attached hydrogen (secondary N) is 3. The number of aryl methyl sites for hydroxylation is 1. The summed E-state index contributed by atoms with van der Waals surface area (Å²) in [6, 6.07) is 5.78. The van der Waals surface area contributed by atoms with Crippen molar-refractivity contribution in [2.24, 2.45) is 7.05 Å². The van der Waals surface area contributed by atoms with Crippen molar-refractivity contribution < 1.29 is 5.11 Å². The molecule has 0 atom stereocenters. The molecule has 1 aliphatic rings. The van der Waals surface area contributed by atoms with Gasteiger partial charge in [0, 0.05) is 42.3 Å². The van der Waals surface area contributed by atoms with Gasteiger partial charge in [-0.25, -0.2) is 4.98 Å². The number of aliphatic hydroxyl groups is 1. The van der Waals surface area contributed by atoms with E-state index in [2.05, 4.69) is 31.2 Å². The molecule has 0 unspecified atom stereocenters. The van der Waals surface area contributed by atoms with Crippen LogP contribution in [-0.4, -0.2) is 30.5 Å². The number of hydrogen-bond acceptors (Lipinski definition) is 7. The van der Waals surface area contributed by atoms with Gasteiger partial charge in [0.2, 0.25) is 0 Å². The summed E-state index contributed by atoms with van der Waals surface area (Å²) in [5.74, 6) is 1.36. The lowest BCUT2D eigenvalue weighted by Gasteiger charge is -2.25. The Kier molecular flexibility index (Phi) is 4.04. The van der Waals surface area contributed by atoms with Gasteiger partial charge in [0.15, 0.2) is 0 Å². The summed E-state index contributed by atoms with van der Waals surface area (Å²) in [5, 5.41) is 17.6. The molecule has 0 spiro atoms. The van der Waals surface area contributed by atoms with Gasteiger partial charge < -0.3 is 15.8 Å². The Morgan fingerprint density at radius 2 is 2.00 bits per heavy atom. The summed E-state index contributed by atoms with van der Waals surface area (Å²) in [7, 11) is 1.88. The van der Waals surface area contributed by atoms with Crippen LogP contribution in [0.15, 0.2) is 60.5 Å². The first-order valence-corrected chi connectivity index (χ1v) is 8.57. The maximum atomic E-state index is 10.2. The molecule has 1 aliphatic heterocycles. The van der Waals surface area contributed by atoms with Crippen LogP contribution < -0.4 is 16.2 Å². The molecule has 8 heteroatoms. The molecule has 3 aromatic rings. The standard InChI is InChI=1S/C19H21N7O/c1-19(2,27)14-7-18(25-21-10-14)24-17-5-4-15-16(23-17)6-12(8-20-15)13-9-22-26(3)11-13/h4-11,21,25,27H,1-3H3,(H,23,24). The van der Waals surface area contributed by atoms with Gasteiger partial charge in [-0.2, -0.15) is 5.10 Å². The first kappa shape index (κ1) is 17.0. The van der Waals surface area contributed by atoms with Gasteiger partial charge in [-0.1, -0.05) is 0 Å². The minimum absolute atomic E-state index is 0.671. The lowest BCUT2D eigenvalue weighted by molar-refractivity contribution is 0.122. The Morgan fingerprint density at radius 1 is 1.15 bits per heavy atom. The van der Waals surface area contributed by atoms with Gasteiger partial charge >= 0.3 is 0 Å². The van der Waals surface area contributed by atoms with E-state index < -0.39 is 5.60 Å². The number of aromatic nitrogens is 4. The maximum Gasteiger partial charge on any atom is 0.132 e. The summed E-state index contributed by atoms with van der Waals surface area (Å²) in [4.78, 5) is 9.15. The second-order valence-electron chi connectivity index (χ2n) is 6.97. The molecule has 27 heavy (non-hydrogen) atoms. The molecular formula is C19H21N7O. The number of hydrazine groups is 1. The molecule has 0 amide bonds. The third kappa shape index (κ3) is 3.61. The van der Waals surface area contributed by atoms with Crippen molar-refractivity contribution in [3.8, 4) is 11.1 Å². The smallest absolute Gasteiger partial charge is 0.132 e. The SMILES string of the molecule is Cn1cc(-c2cnc3ccc(NC4=CC(C(C)(C)O)=CNN4)nc3c2)cn1. The fourth-order valence-corrected chi connectivity index (χ4v) is 2.79. The molecule has 0 aliphatic carbocycles. The molecule has 0 saturated heterocycles. The van der Waals surface area contributed by atoms with Crippen LogP contribution in [0.4, 0.5) is 5.82 Å². The van der Waals surface area contributed by atoms with Crippen molar-refractivity contribution in [1.82, 2.24) is 30.6 Å². The molecule has 4 rings (SSSR count). The first-order chi connectivity index (χ1) is 12.9. The van der Waals surface area contributed by atoms with Crippen molar-refractivity contribution >= 4 is 16.9 Å². The Hall–Kier alpha value is -3.39.